The van der Waals surface area contributed by atoms with Gasteiger partial charge in [0.25, 0.3) is 0 Å². The zero-order valence-electron chi connectivity index (χ0n) is 18.2. The van der Waals surface area contributed by atoms with Crippen molar-refractivity contribution >= 4 is 54.1 Å². The summed E-state index contributed by atoms with van der Waals surface area (Å²) in [7, 11) is 1.71. The Hall–Kier alpha value is -4.30. The molecule has 0 bridgehead atoms. The van der Waals surface area contributed by atoms with Gasteiger partial charge >= 0.3 is 0 Å². The molecule has 0 spiro atoms. The van der Waals surface area contributed by atoms with Gasteiger partial charge in [-0.1, -0.05) is 78.9 Å². The molecule has 0 saturated carbocycles. The van der Waals surface area contributed by atoms with Gasteiger partial charge in [0.1, 0.15) is 5.75 Å². The molecule has 1 aromatic heterocycles. The average molecular weight is 424 g/mol. The molecule has 1 N–H and O–H groups in total. The summed E-state index contributed by atoms with van der Waals surface area (Å²) in [5.41, 5.74) is 4.81. The quantitative estimate of drug-likeness (QED) is 0.277. The largest absolute Gasteiger partial charge is 0.497 e. The summed E-state index contributed by atoms with van der Waals surface area (Å²) in [6.07, 6.45) is 0. The smallest absolute Gasteiger partial charge is 0.118 e. The normalized spacial score (nSPS) is 11.8. The molecule has 33 heavy (non-hydrogen) atoms. The molecule has 0 unspecified atom stereocenters. The molecule has 0 atom stereocenters. The second-order valence-electron chi connectivity index (χ2n) is 8.59. The second kappa shape index (κ2) is 6.85. The maximum atomic E-state index is 5.42. The molecule has 0 amide bonds. The molecule has 2 heteroatoms. The monoisotopic (exact) mass is 423 g/mol. The lowest BCUT2D eigenvalue weighted by Gasteiger charge is -2.16. The number of hydrogen-bond acceptors (Lipinski definition) is 1. The van der Waals surface area contributed by atoms with Crippen molar-refractivity contribution in [3.05, 3.63) is 103 Å². The molecular weight excluding hydrogens is 402 g/mol. The molecule has 7 rings (SSSR count). The van der Waals surface area contributed by atoms with E-state index < -0.39 is 0 Å². The van der Waals surface area contributed by atoms with Gasteiger partial charge in [0.2, 0.25) is 0 Å². The first-order chi connectivity index (χ1) is 16.3. The van der Waals surface area contributed by atoms with Gasteiger partial charge in [0, 0.05) is 27.1 Å². The minimum atomic E-state index is 0.868. The van der Waals surface area contributed by atoms with Crippen molar-refractivity contribution in [2.24, 2.45) is 0 Å². The van der Waals surface area contributed by atoms with E-state index in [1.165, 1.54) is 65.3 Å². The van der Waals surface area contributed by atoms with E-state index in [4.69, 9.17) is 4.74 Å². The Bertz CT molecular complexity index is 1840. The Kier molecular flexibility index (Phi) is 3.80. The Morgan fingerprint density at radius 2 is 1.24 bits per heavy atom. The maximum absolute atomic E-state index is 5.42. The van der Waals surface area contributed by atoms with Gasteiger partial charge in [-0.05, 0) is 56.9 Å². The van der Waals surface area contributed by atoms with Crippen LogP contribution in [0.4, 0.5) is 0 Å². The molecule has 156 valence electrons. The van der Waals surface area contributed by atoms with Crippen LogP contribution in [-0.2, 0) is 0 Å². The van der Waals surface area contributed by atoms with Crippen LogP contribution in [0.5, 0.6) is 5.75 Å². The molecule has 2 nitrogen and oxygen atoms in total. The summed E-state index contributed by atoms with van der Waals surface area (Å²) < 4.78 is 5.42. The molecular formula is C31H21NO. The molecule has 0 aliphatic rings. The minimum absolute atomic E-state index is 0.868. The van der Waals surface area contributed by atoms with Gasteiger partial charge in [-0.2, -0.15) is 0 Å². The van der Waals surface area contributed by atoms with Crippen molar-refractivity contribution < 1.29 is 4.74 Å². The van der Waals surface area contributed by atoms with E-state index in [1.54, 1.807) is 7.11 Å². The number of rotatable bonds is 2. The van der Waals surface area contributed by atoms with Crippen LogP contribution in [0, 0.1) is 0 Å². The predicted molar refractivity (Wildman–Crippen MR) is 140 cm³/mol. The Morgan fingerprint density at radius 1 is 0.576 bits per heavy atom. The number of para-hydroxylation sites is 1. The summed E-state index contributed by atoms with van der Waals surface area (Å²) in [5.74, 6) is 0.868. The molecule has 0 aliphatic heterocycles. The van der Waals surface area contributed by atoms with Crippen molar-refractivity contribution in [2.45, 2.75) is 0 Å². The summed E-state index contributed by atoms with van der Waals surface area (Å²) in [6.45, 7) is 0. The highest BCUT2D eigenvalue weighted by atomic mass is 16.5. The average Bonchev–Trinajstić information content (AvgIpc) is 3.28. The van der Waals surface area contributed by atoms with Crippen molar-refractivity contribution in [2.75, 3.05) is 7.11 Å². The third-order valence-electron chi connectivity index (χ3n) is 6.87. The standard InChI is InChI=1S/C31H21NO/c1-33-21-16-14-19(15-17-21)26-18-20-8-2-3-9-22(20)29-28(26)23-10-4-5-11-24(23)31-30(29)25-12-6-7-13-27(25)32-31/h2-18,32H,1H3. The third-order valence-corrected chi connectivity index (χ3v) is 6.87. The number of hydrogen-bond donors (Lipinski definition) is 1. The van der Waals surface area contributed by atoms with Gasteiger partial charge in [0.15, 0.2) is 0 Å². The molecule has 0 aliphatic carbocycles. The van der Waals surface area contributed by atoms with E-state index in [9.17, 15) is 0 Å². The molecule has 7 aromatic rings. The van der Waals surface area contributed by atoms with E-state index in [2.05, 4.69) is 96.0 Å². The van der Waals surface area contributed by atoms with Crippen molar-refractivity contribution in [3.8, 4) is 16.9 Å². The summed E-state index contributed by atoms with van der Waals surface area (Å²) in [4.78, 5) is 3.74. The number of benzene rings is 6. The van der Waals surface area contributed by atoms with Crippen LogP contribution in [0.1, 0.15) is 0 Å². The number of fused-ring (bicyclic) bond motifs is 10. The van der Waals surface area contributed by atoms with E-state index in [-0.39, 0.29) is 0 Å². The van der Waals surface area contributed by atoms with Crippen LogP contribution in [0.25, 0.3) is 65.3 Å². The Labute approximate surface area is 191 Å². The highest BCUT2D eigenvalue weighted by Crippen LogP contribution is 2.46. The van der Waals surface area contributed by atoms with Gasteiger partial charge in [-0.3, -0.25) is 0 Å². The van der Waals surface area contributed by atoms with Crippen LogP contribution < -0.4 is 4.74 Å². The number of H-pyrrole nitrogens is 1. The van der Waals surface area contributed by atoms with E-state index >= 15 is 0 Å². The highest BCUT2D eigenvalue weighted by Gasteiger charge is 2.18. The predicted octanol–water partition coefficient (Wildman–Crippen LogP) is 8.46. The lowest BCUT2D eigenvalue weighted by molar-refractivity contribution is 0.415. The SMILES string of the molecule is COc1ccc(-c2cc3ccccc3c3c2c2ccccc2c2[nH]c4ccccc4c23)cc1. The molecule has 1 heterocycles. The van der Waals surface area contributed by atoms with Crippen LogP contribution in [-0.4, -0.2) is 12.1 Å². The van der Waals surface area contributed by atoms with E-state index in [1.807, 2.05) is 12.1 Å². The fraction of sp³-hybridized carbons (Fsp3) is 0.0323. The number of ether oxygens (including phenoxy) is 1. The van der Waals surface area contributed by atoms with Crippen LogP contribution in [0.3, 0.4) is 0 Å². The summed E-state index contributed by atoms with van der Waals surface area (Å²) in [5, 5.41) is 10.2. The third kappa shape index (κ3) is 2.55. The molecule has 0 saturated heterocycles. The fourth-order valence-electron chi connectivity index (χ4n) is 5.41. The van der Waals surface area contributed by atoms with Crippen LogP contribution in [0.15, 0.2) is 103 Å². The minimum Gasteiger partial charge on any atom is -0.497 e. The van der Waals surface area contributed by atoms with Gasteiger partial charge < -0.3 is 9.72 Å². The first kappa shape index (κ1) is 18.3. The van der Waals surface area contributed by atoms with Gasteiger partial charge in [-0.15, -0.1) is 0 Å². The van der Waals surface area contributed by atoms with Crippen molar-refractivity contribution in [1.82, 2.24) is 4.98 Å². The van der Waals surface area contributed by atoms with Gasteiger partial charge in [0.05, 0.1) is 12.6 Å². The van der Waals surface area contributed by atoms with Crippen LogP contribution in [0.2, 0.25) is 0 Å². The lowest BCUT2D eigenvalue weighted by Crippen LogP contribution is -1.89. The zero-order chi connectivity index (χ0) is 21.9. The molecule has 0 fully saturated rings. The van der Waals surface area contributed by atoms with Crippen molar-refractivity contribution in [3.63, 3.8) is 0 Å². The van der Waals surface area contributed by atoms with Crippen molar-refractivity contribution in [1.29, 1.82) is 0 Å². The first-order valence-corrected chi connectivity index (χ1v) is 11.2. The first-order valence-electron chi connectivity index (χ1n) is 11.2. The molecule has 0 radical (unpaired) electrons. The highest BCUT2D eigenvalue weighted by molar-refractivity contribution is 6.38. The number of aromatic nitrogens is 1. The van der Waals surface area contributed by atoms with Gasteiger partial charge in [-0.25, -0.2) is 0 Å². The zero-order valence-corrected chi connectivity index (χ0v) is 18.2. The number of nitrogens with one attached hydrogen (secondary N) is 1. The molecule has 6 aromatic carbocycles. The number of methoxy groups -OCH3 is 1. The summed E-state index contributed by atoms with van der Waals surface area (Å²) in [6, 6.07) is 36.9. The second-order valence-corrected chi connectivity index (χ2v) is 8.59. The maximum Gasteiger partial charge on any atom is 0.118 e. The Morgan fingerprint density at radius 3 is 2.03 bits per heavy atom. The fourth-order valence-corrected chi connectivity index (χ4v) is 5.41. The number of aromatic amines is 1. The summed E-state index contributed by atoms with van der Waals surface area (Å²) >= 11 is 0. The van der Waals surface area contributed by atoms with E-state index in [0.29, 0.717) is 0 Å². The van der Waals surface area contributed by atoms with Crippen LogP contribution >= 0.6 is 0 Å². The lowest BCUT2D eigenvalue weighted by atomic mass is 9.87. The Balaban J connectivity index is 1.81. The topological polar surface area (TPSA) is 25.0 Å². The van der Waals surface area contributed by atoms with E-state index in [0.717, 1.165) is 5.75 Å².